The molecule has 17 heavy (non-hydrogen) atoms. The SMILES string of the molecule is CCn1ccnc1Nc1cccc(C(=O)O)c1. The summed E-state index contributed by atoms with van der Waals surface area (Å²) in [5, 5.41) is 12.0. The number of carboxylic acid groups (broad SMARTS) is 1. The van der Waals surface area contributed by atoms with Crippen LogP contribution >= 0.6 is 0 Å². The minimum absolute atomic E-state index is 0.254. The zero-order valence-corrected chi connectivity index (χ0v) is 9.42. The van der Waals surface area contributed by atoms with Gasteiger partial charge in [0.2, 0.25) is 5.95 Å². The lowest BCUT2D eigenvalue weighted by atomic mass is 10.2. The fraction of sp³-hybridized carbons (Fsp3) is 0.167. The Hall–Kier alpha value is -2.30. The number of aromatic carboxylic acids is 1. The Labute approximate surface area is 98.7 Å². The molecular formula is C12H13N3O2. The number of carboxylic acids is 1. The van der Waals surface area contributed by atoms with Gasteiger partial charge in [-0.15, -0.1) is 0 Å². The van der Waals surface area contributed by atoms with Crippen molar-refractivity contribution < 1.29 is 9.90 Å². The summed E-state index contributed by atoms with van der Waals surface area (Å²) in [7, 11) is 0. The van der Waals surface area contributed by atoms with Crippen LogP contribution in [0.4, 0.5) is 11.6 Å². The molecule has 0 unspecified atom stereocenters. The molecular weight excluding hydrogens is 218 g/mol. The normalized spacial score (nSPS) is 10.2. The highest BCUT2D eigenvalue weighted by Crippen LogP contribution is 2.16. The van der Waals surface area contributed by atoms with Crippen LogP contribution in [0.2, 0.25) is 0 Å². The van der Waals surface area contributed by atoms with Crippen LogP contribution in [-0.2, 0) is 6.54 Å². The maximum atomic E-state index is 10.8. The van der Waals surface area contributed by atoms with Gasteiger partial charge < -0.3 is 15.0 Å². The third-order valence-corrected chi connectivity index (χ3v) is 2.42. The summed E-state index contributed by atoms with van der Waals surface area (Å²) in [5.41, 5.74) is 0.968. The van der Waals surface area contributed by atoms with E-state index in [0.29, 0.717) is 11.6 Å². The number of rotatable bonds is 4. The molecule has 0 atom stereocenters. The van der Waals surface area contributed by atoms with E-state index in [0.717, 1.165) is 6.54 Å². The third kappa shape index (κ3) is 2.44. The van der Waals surface area contributed by atoms with Crippen molar-refractivity contribution in [2.45, 2.75) is 13.5 Å². The van der Waals surface area contributed by atoms with Gasteiger partial charge in [0.25, 0.3) is 0 Å². The van der Waals surface area contributed by atoms with Crippen molar-refractivity contribution in [1.29, 1.82) is 0 Å². The lowest BCUT2D eigenvalue weighted by Gasteiger charge is -2.08. The van der Waals surface area contributed by atoms with E-state index in [2.05, 4.69) is 10.3 Å². The molecule has 0 radical (unpaired) electrons. The zero-order valence-electron chi connectivity index (χ0n) is 9.42. The van der Waals surface area contributed by atoms with Gasteiger partial charge in [-0.25, -0.2) is 9.78 Å². The van der Waals surface area contributed by atoms with Gasteiger partial charge >= 0.3 is 5.97 Å². The third-order valence-electron chi connectivity index (χ3n) is 2.42. The van der Waals surface area contributed by atoms with Gasteiger partial charge in [-0.1, -0.05) is 6.07 Å². The highest BCUT2D eigenvalue weighted by Gasteiger charge is 2.05. The van der Waals surface area contributed by atoms with E-state index >= 15 is 0 Å². The standard InChI is InChI=1S/C12H13N3O2/c1-2-15-7-6-13-12(15)14-10-5-3-4-9(8-10)11(16)17/h3-8H,2H2,1H3,(H,13,14)(H,16,17). The van der Waals surface area contributed by atoms with Gasteiger partial charge in [-0.3, -0.25) is 0 Å². The van der Waals surface area contributed by atoms with Crippen LogP contribution in [0, 0.1) is 0 Å². The molecule has 2 rings (SSSR count). The number of anilines is 2. The first-order valence-corrected chi connectivity index (χ1v) is 5.32. The predicted molar refractivity (Wildman–Crippen MR) is 64.6 cm³/mol. The van der Waals surface area contributed by atoms with Crippen LogP contribution in [0.1, 0.15) is 17.3 Å². The maximum absolute atomic E-state index is 10.8. The minimum atomic E-state index is -0.938. The number of aromatic nitrogens is 2. The van der Waals surface area contributed by atoms with Crippen molar-refractivity contribution in [2.24, 2.45) is 0 Å². The van der Waals surface area contributed by atoms with Gasteiger partial charge in [0.05, 0.1) is 5.56 Å². The Balaban J connectivity index is 2.24. The molecule has 1 aromatic heterocycles. The second-order valence-corrected chi connectivity index (χ2v) is 3.55. The molecule has 88 valence electrons. The summed E-state index contributed by atoms with van der Waals surface area (Å²) in [6.45, 7) is 2.82. The van der Waals surface area contributed by atoms with Crippen molar-refractivity contribution >= 4 is 17.6 Å². The maximum Gasteiger partial charge on any atom is 0.335 e. The molecule has 5 heteroatoms. The van der Waals surface area contributed by atoms with Crippen LogP contribution < -0.4 is 5.32 Å². The molecule has 0 aliphatic rings. The fourth-order valence-corrected chi connectivity index (χ4v) is 1.55. The van der Waals surface area contributed by atoms with Crippen molar-refractivity contribution in [3.63, 3.8) is 0 Å². The average molecular weight is 231 g/mol. The number of aryl methyl sites for hydroxylation is 1. The lowest BCUT2D eigenvalue weighted by Crippen LogP contribution is -2.02. The highest BCUT2D eigenvalue weighted by molar-refractivity contribution is 5.88. The van der Waals surface area contributed by atoms with Gasteiger partial charge in [0, 0.05) is 24.6 Å². The molecule has 0 amide bonds. The van der Waals surface area contributed by atoms with Crippen LogP contribution in [-0.4, -0.2) is 20.6 Å². The topological polar surface area (TPSA) is 67.2 Å². The fourth-order valence-electron chi connectivity index (χ4n) is 1.55. The molecule has 5 nitrogen and oxygen atoms in total. The quantitative estimate of drug-likeness (QED) is 0.847. The van der Waals surface area contributed by atoms with Crippen molar-refractivity contribution in [3.8, 4) is 0 Å². The van der Waals surface area contributed by atoms with Crippen molar-refractivity contribution in [1.82, 2.24) is 9.55 Å². The van der Waals surface area contributed by atoms with Crippen LogP contribution in [0.25, 0.3) is 0 Å². The van der Waals surface area contributed by atoms with E-state index in [4.69, 9.17) is 5.11 Å². The Morgan fingerprint density at radius 2 is 2.35 bits per heavy atom. The van der Waals surface area contributed by atoms with Crippen LogP contribution in [0.3, 0.4) is 0 Å². The first-order chi connectivity index (χ1) is 8.20. The number of hydrogen-bond acceptors (Lipinski definition) is 3. The summed E-state index contributed by atoms with van der Waals surface area (Å²) < 4.78 is 1.94. The molecule has 2 aromatic rings. The van der Waals surface area contributed by atoms with Crippen molar-refractivity contribution in [3.05, 3.63) is 42.2 Å². The van der Waals surface area contributed by atoms with Gasteiger partial charge in [0.15, 0.2) is 0 Å². The first kappa shape index (κ1) is 11.2. The van der Waals surface area contributed by atoms with Gasteiger partial charge in [-0.2, -0.15) is 0 Å². The Kier molecular flexibility index (Phi) is 3.09. The molecule has 1 heterocycles. The summed E-state index contributed by atoms with van der Waals surface area (Å²) in [5.74, 6) is -0.234. The van der Waals surface area contributed by atoms with E-state index in [-0.39, 0.29) is 5.56 Å². The number of nitrogens with zero attached hydrogens (tertiary/aromatic N) is 2. The second kappa shape index (κ2) is 4.69. The number of nitrogens with one attached hydrogen (secondary N) is 1. The van der Waals surface area contributed by atoms with E-state index in [9.17, 15) is 4.79 Å². The summed E-state index contributed by atoms with van der Waals surface area (Å²) in [6, 6.07) is 6.64. The Bertz CT molecular complexity index is 534. The summed E-state index contributed by atoms with van der Waals surface area (Å²) >= 11 is 0. The second-order valence-electron chi connectivity index (χ2n) is 3.55. The Morgan fingerprint density at radius 1 is 1.53 bits per heavy atom. The van der Waals surface area contributed by atoms with E-state index < -0.39 is 5.97 Å². The molecule has 0 aliphatic carbocycles. The first-order valence-electron chi connectivity index (χ1n) is 5.32. The largest absolute Gasteiger partial charge is 0.478 e. The predicted octanol–water partition coefficient (Wildman–Crippen LogP) is 2.34. The van der Waals surface area contributed by atoms with E-state index in [1.165, 1.54) is 0 Å². The number of imidazole rings is 1. The smallest absolute Gasteiger partial charge is 0.335 e. The van der Waals surface area contributed by atoms with E-state index in [1.54, 1.807) is 30.5 Å². The van der Waals surface area contributed by atoms with Crippen LogP contribution in [0.15, 0.2) is 36.7 Å². The number of hydrogen-bond donors (Lipinski definition) is 2. The summed E-state index contributed by atoms with van der Waals surface area (Å²) in [6.07, 6.45) is 3.57. The summed E-state index contributed by atoms with van der Waals surface area (Å²) in [4.78, 5) is 15.0. The average Bonchev–Trinajstić information content (AvgIpc) is 2.76. The molecule has 0 fully saturated rings. The van der Waals surface area contributed by atoms with Gasteiger partial charge in [0.1, 0.15) is 0 Å². The molecule has 2 N–H and O–H groups in total. The Morgan fingerprint density at radius 3 is 3.06 bits per heavy atom. The van der Waals surface area contributed by atoms with Crippen LogP contribution in [0.5, 0.6) is 0 Å². The monoisotopic (exact) mass is 231 g/mol. The lowest BCUT2D eigenvalue weighted by molar-refractivity contribution is 0.0697. The molecule has 1 aromatic carbocycles. The zero-order chi connectivity index (χ0) is 12.3. The van der Waals surface area contributed by atoms with Crippen molar-refractivity contribution in [2.75, 3.05) is 5.32 Å². The molecule has 0 saturated carbocycles. The number of benzene rings is 1. The molecule has 0 bridgehead atoms. The molecule has 0 aliphatic heterocycles. The molecule has 0 spiro atoms. The number of carbonyl (C=O) groups is 1. The molecule has 0 saturated heterocycles. The minimum Gasteiger partial charge on any atom is -0.478 e. The highest BCUT2D eigenvalue weighted by atomic mass is 16.4. The van der Waals surface area contributed by atoms with E-state index in [1.807, 2.05) is 17.7 Å². The van der Waals surface area contributed by atoms with Gasteiger partial charge in [-0.05, 0) is 25.1 Å².